The third-order valence-electron chi connectivity index (χ3n) is 2.10. The van der Waals surface area contributed by atoms with E-state index in [0.717, 1.165) is 19.3 Å². The van der Waals surface area contributed by atoms with Gasteiger partial charge >= 0.3 is 5.97 Å². The molecule has 0 heterocycles. The van der Waals surface area contributed by atoms with E-state index in [9.17, 15) is 4.79 Å². The fourth-order valence-electron chi connectivity index (χ4n) is 1.47. The van der Waals surface area contributed by atoms with Crippen molar-refractivity contribution in [1.29, 1.82) is 0 Å². The highest BCUT2D eigenvalue weighted by Gasteiger charge is 2.31. The Morgan fingerprint density at radius 3 is 2.73 bits per heavy atom. The summed E-state index contributed by atoms with van der Waals surface area (Å²) < 4.78 is 4.66. The van der Waals surface area contributed by atoms with Crippen LogP contribution in [0.15, 0.2) is 0 Å². The molecule has 1 fully saturated rings. The topological polar surface area (TPSA) is 78.3 Å². The summed E-state index contributed by atoms with van der Waals surface area (Å²) in [6.45, 7) is -0.0396. The van der Waals surface area contributed by atoms with Crippen LogP contribution in [0.2, 0.25) is 0 Å². The maximum absolute atomic E-state index is 11.1. The van der Waals surface area contributed by atoms with E-state index in [0.29, 0.717) is 0 Å². The molecule has 1 aliphatic rings. The van der Waals surface area contributed by atoms with Gasteiger partial charge < -0.3 is 10.5 Å². The number of carbonyl (C=O) groups excluding carboxylic acids is 1. The number of rotatable bonds is 2. The second-order valence-electron chi connectivity index (χ2n) is 2.83. The minimum atomic E-state index is -0.238. The molecule has 11 heavy (non-hydrogen) atoms. The van der Waals surface area contributed by atoms with Crippen molar-refractivity contribution in [3.8, 4) is 0 Å². The Hall–Kier alpha value is -0.610. The highest BCUT2D eigenvalue weighted by atomic mass is 16.5. The van der Waals surface area contributed by atoms with Crippen LogP contribution in [0.25, 0.3) is 0 Å². The normalized spacial score (nSPS) is 30.4. The van der Waals surface area contributed by atoms with Crippen LogP contribution in [0, 0.1) is 5.92 Å². The molecule has 4 N–H and O–H groups in total. The molecule has 1 saturated carbocycles. The van der Waals surface area contributed by atoms with Gasteiger partial charge in [0, 0.05) is 6.04 Å². The fraction of sp³-hybridized carbons (Fsp3) is 0.857. The van der Waals surface area contributed by atoms with Crippen molar-refractivity contribution in [2.45, 2.75) is 25.3 Å². The summed E-state index contributed by atoms with van der Waals surface area (Å²) in [5.41, 5.74) is 10.7. The van der Waals surface area contributed by atoms with E-state index in [1.807, 2.05) is 0 Å². The van der Waals surface area contributed by atoms with Crippen LogP contribution >= 0.6 is 0 Å². The molecule has 0 bridgehead atoms. The van der Waals surface area contributed by atoms with Crippen LogP contribution in [0.1, 0.15) is 19.3 Å². The highest BCUT2D eigenvalue weighted by molar-refractivity contribution is 5.73. The number of esters is 1. The third kappa shape index (κ3) is 1.91. The molecular weight excluding hydrogens is 144 g/mol. The quantitative estimate of drug-likeness (QED) is 0.422. The standard InChI is InChI=1S/C7H14N2O2/c8-4-11-7(10)5-2-1-3-6(5)9/h5-6H,1-4,8-9H2. The lowest BCUT2D eigenvalue weighted by molar-refractivity contribution is -0.148. The van der Waals surface area contributed by atoms with E-state index in [1.165, 1.54) is 0 Å². The zero-order valence-electron chi connectivity index (χ0n) is 6.45. The summed E-state index contributed by atoms with van der Waals surface area (Å²) in [6, 6.07) is -0.0194. The maximum atomic E-state index is 11.1. The summed E-state index contributed by atoms with van der Waals surface area (Å²) in [4.78, 5) is 11.1. The predicted molar refractivity (Wildman–Crippen MR) is 40.5 cm³/mol. The van der Waals surface area contributed by atoms with Gasteiger partial charge in [0.2, 0.25) is 0 Å². The Balaban J connectivity index is 2.39. The maximum Gasteiger partial charge on any atom is 0.311 e. The van der Waals surface area contributed by atoms with E-state index < -0.39 is 0 Å². The zero-order chi connectivity index (χ0) is 8.27. The molecule has 0 aromatic rings. The smallest absolute Gasteiger partial charge is 0.311 e. The molecule has 4 nitrogen and oxygen atoms in total. The van der Waals surface area contributed by atoms with Crippen molar-refractivity contribution >= 4 is 5.97 Å². The summed E-state index contributed by atoms with van der Waals surface area (Å²) in [7, 11) is 0. The van der Waals surface area contributed by atoms with Crippen molar-refractivity contribution in [2.75, 3.05) is 6.73 Å². The fourth-order valence-corrected chi connectivity index (χ4v) is 1.47. The first-order valence-corrected chi connectivity index (χ1v) is 3.88. The molecule has 2 atom stereocenters. The molecule has 1 rings (SSSR count). The van der Waals surface area contributed by atoms with Gasteiger partial charge in [-0.3, -0.25) is 10.5 Å². The van der Waals surface area contributed by atoms with Crippen molar-refractivity contribution in [3.05, 3.63) is 0 Å². The molecule has 4 heteroatoms. The van der Waals surface area contributed by atoms with Gasteiger partial charge in [0.15, 0.2) is 0 Å². The third-order valence-corrected chi connectivity index (χ3v) is 2.10. The van der Waals surface area contributed by atoms with Crippen LogP contribution in [-0.2, 0) is 9.53 Å². The second-order valence-corrected chi connectivity index (χ2v) is 2.83. The molecule has 2 unspecified atom stereocenters. The van der Waals surface area contributed by atoms with Crippen molar-refractivity contribution in [3.63, 3.8) is 0 Å². The van der Waals surface area contributed by atoms with Gasteiger partial charge in [-0.25, -0.2) is 0 Å². The van der Waals surface area contributed by atoms with Gasteiger partial charge in [0.1, 0.15) is 6.73 Å². The van der Waals surface area contributed by atoms with E-state index >= 15 is 0 Å². The molecular formula is C7H14N2O2. The monoisotopic (exact) mass is 158 g/mol. The summed E-state index contributed by atoms with van der Waals surface area (Å²) in [5, 5.41) is 0. The Labute approximate surface area is 65.9 Å². The Morgan fingerprint density at radius 2 is 2.27 bits per heavy atom. The minimum absolute atomic E-state index is 0.0194. The van der Waals surface area contributed by atoms with Gasteiger partial charge in [-0.2, -0.15) is 0 Å². The first-order chi connectivity index (χ1) is 5.25. The summed E-state index contributed by atoms with van der Waals surface area (Å²) in [6.07, 6.45) is 2.79. The van der Waals surface area contributed by atoms with Crippen LogP contribution in [-0.4, -0.2) is 18.7 Å². The number of carbonyl (C=O) groups is 1. The molecule has 0 radical (unpaired) electrons. The zero-order valence-corrected chi connectivity index (χ0v) is 6.45. The average molecular weight is 158 g/mol. The Morgan fingerprint density at radius 1 is 1.55 bits per heavy atom. The van der Waals surface area contributed by atoms with Crippen LogP contribution in [0.4, 0.5) is 0 Å². The van der Waals surface area contributed by atoms with E-state index in [-0.39, 0.29) is 24.7 Å². The van der Waals surface area contributed by atoms with E-state index in [1.54, 1.807) is 0 Å². The Kier molecular flexibility index (Phi) is 2.84. The molecule has 0 aliphatic heterocycles. The molecule has 0 spiro atoms. The first-order valence-electron chi connectivity index (χ1n) is 3.88. The van der Waals surface area contributed by atoms with Crippen LogP contribution < -0.4 is 11.5 Å². The largest absolute Gasteiger partial charge is 0.450 e. The molecule has 0 saturated heterocycles. The molecule has 0 aromatic carbocycles. The number of ether oxygens (including phenoxy) is 1. The predicted octanol–water partition coefficient (Wildman–Crippen LogP) is -0.427. The number of hydrogen-bond donors (Lipinski definition) is 2. The number of nitrogens with two attached hydrogens (primary N) is 2. The highest BCUT2D eigenvalue weighted by Crippen LogP contribution is 2.24. The molecule has 1 aliphatic carbocycles. The molecule has 0 amide bonds. The van der Waals surface area contributed by atoms with Crippen molar-refractivity contribution < 1.29 is 9.53 Å². The van der Waals surface area contributed by atoms with Crippen LogP contribution in [0.5, 0.6) is 0 Å². The van der Waals surface area contributed by atoms with Gasteiger partial charge in [0.05, 0.1) is 5.92 Å². The molecule has 0 aromatic heterocycles. The van der Waals surface area contributed by atoms with Crippen molar-refractivity contribution in [2.24, 2.45) is 17.4 Å². The first kappa shape index (κ1) is 8.49. The summed E-state index contributed by atoms with van der Waals surface area (Å²) in [5.74, 6) is -0.351. The lowest BCUT2D eigenvalue weighted by Crippen LogP contribution is -2.32. The average Bonchev–Trinajstić information content (AvgIpc) is 2.36. The van der Waals surface area contributed by atoms with Crippen molar-refractivity contribution in [1.82, 2.24) is 0 Å². The van der Waals surface area contributed by atoms with Gasteiger partial charge in [-0.1, -0.05) is 6.42 Å². The van der Waals surface area contributed by atoms with Gasteiger partial charge in [0.25, 0.3) is 0 Å². The van der Waals surface area contributed by atoms with E-state index in [2.05, 4.69) is 4.74 Å². The Bertz CT molecular complexity index is 149. The van der Waals surface area contributed by atoms with Gasteiger partial charge in [-0.05, 0) is 12.8 Å². The SMILES string of the molecule is NCOC(=O)C1CCCC1N. The second kappa shape index (κ2) is 3.69. The lowest BCUT2D eigenvalue weighted by Gasteiger charge is -2.12. The van der Waals surface area contributed by atoms with Crippen LogP contribution in [0.3, 0.4) is 0 Å². The minimum Gasteiger partial charge on any atom is -0.450 e. The van der Waals surface area contributed by atoms with E-state index in [4.69, 9.17) is 11.5 Å². The van der Waals surface area contributed by atoms with Gasteiger partial charge in [-0.15, -0.1) is 0 Å². The molecule has 64 valence electrons. The summed E-state index contributed by atoms with van der Waals surface area (Å²) >= 11 is 0. The lowest BCUT2D eigenvalue weighted by atomic mass is 10.1. The number of hydrogen-bond acceptors (Lipinski definition) is 4.